The van der Waals surface area contributed by atoms with Crippen LogP contribution in [-0.2, 0) is 4.79 Å². The lowest BCUT2D eigenvalue weighted by Crippen LogP contribution is -2.52. The molecular formula is C19H17Cl2NOS. The number of hydrogen-bond acceptors (Lipinski definition) is 3. The van der Waals surface area contributed by atoms with Gasteiger partial charge in [-0.1, -0.05) is 47.5 Å². The Labute approximate surface area is 155 Å². The van der Waals surface area contributed by atoms with E-state index >= 15 is 0 Å². The predicted molar refractivity (Wildman–Crippen MR) is 101 cm³/mol. The normalized spacial score (nSPS) is 29.5. The molecule has 24 heavy (non-hydrogen) atoms. The molecule has 2 aromatic carbocycles. The molecule has 2 aliphatic rings. The molecule has 0 aromatic heterocycles. The molecule has 1 N–H and O–H groups in total. The molecule has 2 fully saturated rings. The summed E-state index contributed by atoms with van der Waals surface area (Å²) in [6.07, 6.45) is 0. The summed E-state index contributed by atoms with van der Waals surface area (Å²) in [5.41, 5.74) is 2.25. The van der Waals surface area contributed by atoms with Crippen LogP contribution in [0.3, 0.4) is 0 Å². The second kappa shape index (κ2) is 6.72. The summed E-state index contributed by atoms with van der Waals surface area (Å²) in [5, 5.41) is 5.16. The molecule has 4 rings (SSSR count). The van der Waals surface area contributed by atoms with Crippen LogP contribution in [0.25, 0.3) is 0 Å². The van der Waals surface area contributed by atoms with Crippen molar-refractivity contribution in [2.24, 2.45) is 11.8 Å². The molecule has 5 heteroatoms. The average molecular weight is 378 g/mol. The van der Waals surface area contributed by atoms with Gasteiger partial charge in [-0.15, -0.1) is 0 Å². The summed E-state index contributed by atoms with van der Waals surface area (Å²) in [7, 11) is 0. The first-order valence-electron chi connectivity index (χ1n) is 8.02. The van der Waals surface area contributed by atoms with Gasteiger partial charge in [0.05, 0.1) is 0 Å². The zero-order chi connectivity index (χ0) is 16.7. The van der Waals surface area contributed by atoms with Crippen LogP contribution in [-0.4, -0.2) is 17.3 Å². The summed E-state index contributed by atoms with van der Waals surface area (Å²) >= 11 is 13.9. The van der Waals surface area contributed by atoms with E-state index in [0.29, 0.717) is 15.8 Å². The molecule has 4 unspecified atom stereocenters. The Morgan fingerprint density at radius 2 is 1.21 bits per heavy atom. The molecule has 0 aliphatic carbocycles. The van der Waals surface area contributed by atoms with Gasteiger partial charge in [0.2, 0.25) is 0 Å². The molecule has 2 aliphatic heterocycles. The lowest BCUT2D eigenvalue weighted by Gasteiger charge is -2.45. The van der Waals surface area contributed by atoms with Crippen LogP contribution in [0.4, 0.5) is 0 Å². The Morgan fingerprint density at radius 1 is 0.792 bits per heavy atom. The van der Waals surface area contributed by atoms with Gasteiger partial charge in [0.15, 0.2) is 0 Å². The summed E-state index contributed by atoms with van der Waals surface area (Å²) < 4.78 is 0. The number of benzene rings is 2. The highest BCUT2D eigenvalue weighted by Gasteiger charge is 2.46. The first-order valence-corrected chi connectivity index (χ1v) is 9.93. The average Bonchev–Trinajstić information content (AvgIpc) is 2.57. The number of thioether (sulfide) groups is 1. The van der Waals surface area contributed by atoms with Crippen molar-refractivity contribution >= 4 is 40.7 Å². The Morgan fingerprint density at radius 3 is 1.62 bits per heavy atom. The highest BCUT2D eigenvalue weighted by atomic mass is 35.5. The minimum atomic E-state index is 0.0264. The minimum Gasteiger partial charge on any atom is -0.302 e. The number of ketones is 1. The Bertz CT molecular complexity index is 685. The van der Waals surface area contributed by atoms with E-state index < -0.39 is 0 Å². The van der Waals surface area contributed by atoms with Crippen LogP contribution in [0.2, 0.25) is 10.0 Å². The number of fused-ring (bicyclic) bond motifs is 2. The van der Waals surface area contributed by atoms with E-state index in [0.717, 1.165) is 22.6 Å². The third-order valence-corrected chi connectivity index (χ3v) is 6.64. The first-order chi connectivity index (χ1) is 11.6. The van der Waals surface area contributed by atoms with E-state index in [1.54, 1.807) is 0 Å². The van der Waals surface area contributed by atoms with Crippen LogP contribution in [0.1, 0.15) is 23.2 Å². The molecule has 4 atom stereocenters. The molecule has 0 amide bonds. The molecule has 2 aromatic rings. The maximum absolute atomic E-state index is 13.0. The maximum Gasteiger partial charge on any atom is 0.144 e. The number of Topliss-reactive ketones (excluding diaryl/α,β-unsaturated/α-hetero) is 1. The van der Waals surface area contributed by atoms with Crippen molar-refractivity contribution in [3.63, 3.8) is 0 Å². The third-order valence-electron chi connectivity index (χ3n) is 4.95. The molecule has 2 saturated heterocycles. The van der Waals surface area contributed by atoms with E-state index in [-0.39, 0.29) is 23.9 Å². The lowest BCUT2D eigenvalue weighted by molar-refractivity contribution is -0.130. The second-order valence-corrected chi connectivity index (χ2v) is 8.33. The molecule has 2 bridgehead atoms. The molecular weight excluding hydrogens is 361 g/mol. The van der Waals surface area contributed by atoms with Crippen molar-refractivity contribution in [2.75, 3.05) is 11.5 Å². The van der Waals surface area contributed by atoms with Crippen LogP contribution in [0.5, 0.6) is 0 Å². The van der Waals surface area contributed by atoms with Gasteiger partial charge in [-0.05, 0) is 35.4 Å². The smallest absolute Gasteiger partial charge is 0.144 e. The van der Waals surface area contributed by atoms with Gasteiger partial charge >= 0.3 is 0 Å². The van der Waals surface area contributed by atoms with Gasteiger partial charge in [-0.3, -0.25) is 4.79 Å². The summed E-state index contributed by atoms with van der Waals surface area (Å²) in [6, 6.07) is 15.7. The standard InChI is InChI=1S/C19H17Cl2NOS/c20-13-5-1-11(2-6-13)17-15-9-24-10-16(19(15)23)18(22-17)12-3-7-14(21)8-4-12/h1-8,15-18,22H,9-10H2. The number of nitrogens with one attached hydrogen (secondary N) is 1. The molecule has 124 valence electrons. The van der Waals surface area contributed by atoms with Crippen molar-refractivity contribution in [1.29, 1.82) is 0 Å². The number of hydrogen-bond donors (Lipinski definition) is 1. The maximum atomic E-state index is 13.0. The van der Waals surface area contributed by atoms with E-state index in [2.05, 4.69) is 5.32 Å². The predicted octanol–water partition coefficient (Wildman–Crippen LogP) is 4.93. The molecule has 0 saturated carbocycles. The van der Waals surface area contributed by atoms with Gasteiger partial charge < -0.3 is 5.32 Å². The van der Waals surface area contributed by atoms with Crippen molar-refractivity contribution in [3.05, 3.63) is 69.7 Å². The van der Waals surface area contributed by atoms with Gasteiger partial charge in [-0.2, -0.15) is 11.8 Å². The summed E-state index contributed by atoms with van der Waals surface area (Å²) in [6.45, 7) is 0. The number of carbonyl (C=O) groups is 1. The fourth-order valence-electron chi connectivity index (χ4n) is 3.71. The Balaban J connectivity index is 1.71. The zero-order valence-electron chi connectivity index (χ0n) is 12.9. The monoisotopic (exact) mass is 377 g/mol. The quantitative estimate of drug-likeness (QED) is 0.804. The van der Waals surface area contributed by atoms with Gasteiger partial charge in [0, 0.05) is 45.5 Å². The van der Waals surface area contributed by atoms with E-state index in [1.165, 1.54) is 0 Å². The minimum absolute atomic E-state index is 0.0264. The first kappa shape index (κ1) is 16.5. The fraction of sp³-hybridized carbons (Fsp3) is 0.316. The SMILES string of the molecule is O=C1C2CSCC1C(c1ccc(Cl)cc1)NC2c1ccc(Cl)cc1. The van der Waals surface area contributed by atoms with E-state index in [9.17, 15) is 4.79 Å². The number of piperidine rings is 1. The number of halogens is 2. The fourth-order valence-corrected chi connectivity index (χ4v) is 5.31. The lowest BCUT2D eigenvalue weighted by atomic mass is 9.75. The zero-order valence-corrected chi connectivity index (χ0v) is 15.2. The summed E-state index contributed by atoms with van der Waals surface area (Å²) in [4.78, 5) is 13.0. The molecule has 2 heterocycles. The number of rotatable bonds is 2. The molecule has 2 nitrogen and oxygen atoms in total. The topological polar surface area (TPSA) is 29.1 Å². The molecule has 0 spiro atoms. The van der Waals surface area contributed by atoms with Crippen molar-refractivity contribution < 1.29 is 4.79 Å². The molecule has 0 radical (unpaired) electrons. The highest BCUT2D eigenvalue weighted by Crippen LogP contribution is 2.44. The van der Waals surface area contributed by atoms with E-state index in [1.807, 2.05) is 60.3 Å². The van der Waals surface area contributed by atoms with Crippen LogP contribution >= 0.6 is 35.0 Å². The van der Waals surface area contributed by atoms with Crippen LogP contribution in [0, 0.1) is 11.8 Å². The van der Waals surface area contributed by atoms with Crippen LogP contribution in [0.15, 0.2) is 48.5 Å². The number of carbonyl (C=O) groups excluding carboxylic acids is 1. The third kappa shape index (κ3) is 2.99. The van der Waals surface area contributed by atoms with Crippen molar-refractivity contribution in [3.8, 4) is 0 Å². The van der Waals surface area contributed by atoms with Crippen molar-refractivity contribution in [1.82, 2.24) is 5.32 Å². The Hall–Kier alpha value is -1.00. The largest absolute Gasteiger partial charge is 0.302 e. The summed E-state index contributed by atoms with van der Waals surface area (Å²) in [5.74, 6) is 2.19. The second-order valence-electron chi connectivity index (χ2n) is 6.38. The van der Waals surface area contributed by atoms with E-state index in [4.69, 9.17) is 23.2 Å². The van der Waals surface area contributed by atoms with Gasteiger partial charge in [-0.25, -0.2) is 0 Å². The highest BCUT2D eigenvalue weighted by molar-refractivity contribution is 7.99. The van der Waals surface area contributed by atoms with Gasteiger partial charge in [0.1, 0.15) is 5.78 Å². The Kier molecular flexibility index (Phi) is 4.61. The van der Waals surface area contributed by atoms with Crippen LogP contribution < -0.4 is 5.32 Å². The van der Waals surface area contributed by atoms with Gasteiger partial charge in [0.25, 0.3) is 0 Å². The van der Waals surface area contributed by atoms with Crippen molar-refractivity contribution in [2.45, 2.75) is 12.1 Å².